The van der Waals surface area contributed by atoms with E-state index in [0.717, 1.165) is 21.6 Å². The zero-order valence-corrected chi connectivity index (χ0v) is 14.8. The molecule has 0 spiro atoms. The zero-order chi connectivity index (χ0) is 15.5. The van der Waals surface area contributed by atoms with Gasteiger partial charge < -0.3 is 4.74 Å². The monoisotopic (exact) mass is 367 g/mol. The van der Waals surface area contributed by atoms with Crippen molar-refractivity contribution in [3.8, 4) is 0 Å². The Balaban J connectivity index is 2.18. The van der Waals surface area contributed by atoms with Crippen LogP contribution < -0.4 is 0 Å². The Morgan fingerprint density at radius 2 is 2.10 bits per heavy atom. The van der Waals surface area contributed by atoms with Gasteiger partial charge in [0.1, 0.15) is 5.41 Å². The van der Waals surface area contributed by atoms with E-state index in [1.807, 2.05) is 44.4 Å². The number of hydrogen-bond donors (Lipinski definition) is 0. The number of benzene rings is 1. The summed E-state index contributed by atoms with van der Waals surface area (Å²) in [6.45, 7) is 5.90. The van der Waals surface area contributed by atoms with Gasteiger partial charge in [-0.15, -0.1) is 11.3 Å². The maximum absolute atomic E-state index is 12.0. The Morgan fingerprint density at radius 3 is 2.76 bits per heavy atom. The molecule has 1 aromatic carbocycles. The second-order valence-corrected chi connectivity index (χ2v) is 7.04. The van der Waals surface area contributed by atoms with Crippen LogP contribution in [-0.2, 0) is 21.4 Å². The number of rotatable bonds is 5. The van der Waals surface area contributed by atoms with Crippen molar-refractivity contribution >= 4 is 33.2 Å². The number of hydrogen-bond acceptors (Lipinski definition) is 4. The average Bonchev–Trinajstić information content (AvgIpc) is 2.91. The largest absolute Gasteiger partial charge is 0.465 e. The lowest BCUT2D eigenvalue weighted by Gasteiger charge is -2.19. The highest BCUT2D eigenvalue weighted by molar-refractivity contribution is 9.10. The minimum absolute atomic E-state index is 0.234. The summed E-state index contributed by atoms with van der Waals surface area (Å²) in [4.78, 5) is 16.6. The molecule has 2 rings (SSSR count). The quantitative estimate of drug-likeness (QED) is 0.737. The Labute approximate surface area is 137 Å². The van der Waals surface area contributed by atoms with Crippen molar-refractivity contribution in [1.29, 1.82) is 0 Å². The molecule has 0 aliphatic rings. The summed E-state index contributed by atoms with van der Waals surface area (Å²) in [5.74, 6) is -0.234. The van der Waals surface area contributed by atoms with E-state index in [4.69, 9.17) is 4.74 Å². The normalized spacial score (nSPS) is 11.4. The molecule has 0 fully saturated rings. The van der Waals surface area contributed by atoms with E-state index in [0.29, 0.717) is 6.61 Å². The lowest BCUT2D eigenvalue weighted by atomic mass is 9.90. The fraction of sp³-hybridized carbons (Fsp3) is 0.375. The second-order valence-electron chi connectivity index (χ2n) is 5.24. The second kappa shape index (κ2) is 6.71. The molecular formula is C16H18BrNO2S. The highest BCUT2D eigenvalue weighted by atomic mass is 79.9. The van der Waals surface area contributed by atoms with Crippen molar-refractivity contribution in [2.45, 2.75) is 32.6 Å². The summed E-state index contributed by atoms with van der Waals surface area (Å²) in [6, 6.07) is 8.09. The Kier molecular flexibility index (Phi) is 5.17. The number of esters is 1. The molecule has 0 atom stereocenters. The predicted octanol–water partition coefficient (Wildman–Crippen LogP) is 4.34. The van der Waals surface area contributed by atoms with E-state index in [9.17, 15) is 4.79 Å². The van der Waals surface area contributed by atoms with E-state index >= 15 is 0 Å². The van der Waals surface area contributed by atoms with Crippen LogP contribution >= 0.6 is 27.3 Å². The van der Waals surface area contributed by atoms with E-state index in [-0.39, 0.29) is 5.97 Å². The molecule has 1 aromatic heterocycles. The molecule has 0 radical (unpaired) electrons. The predicted molar refractivity (Wildman–Crippen MR) is 88.7 cm³/mol. The van der Waals surface area contributed by atoms with Crippen LogP contribution in [0.2, 0.25) is 0 Å². The number of carbonyl (C=O) groups is 1. The number of aromatic nitrogens is 1. The topological polar surface area (TPSA) is 39.2 Å². The van der Waals surface area contributed by atoms with E-state index in [2.05, 4.69) is 27.0 Å². The van der Waals surface area contributed by atoms with E-state index in [1.165, 1.54) is 5.56 Å². The molecule has 2 aromatic rings. The van der Waals surface area contributed by atoms with Crippen molar-refractivity contribution < 1.29 is 9.53 Å². The van der Waals surface area contributed by atoms with Gasteiger partial charge in [-0.25, -0.2) is 4.98 Å². The smallest absolute Gasteiger partial charge is 0.317 e. The van der Waals surface area contributed by atoms with Crippen molar-refractivity contribution in [2.75, 3.05) is 6.61 Å². The Morgan fingerprint density at radius 1 is 1.38 bits per heavy atom. The molecule has 112 valence electrons. The van der Waals surface area contributed by atoms with Gasteiger partial charge in [0.15, 0.2) is 0 Å². The summed E-state index contributed by atoms with van der Waals surface area (Å²) in [5, 5.41) is 2.94. The first kappa shape index (κ1) is 16.2. The third kappa shape index (κ3) is 3.71. The molecule has 0 unspecified atom stereocenters. The van der Waals surface area contributed by atoms with Gasteiger partial charge in [0.05, 0.1) is 17.3 Å². The van der Waals surface area contributed by atoms with Crippen LogP contribution in [0.5, 0.6) is 0 Å². The first-order valence-electron chi connectivity index (χ1n) is 6.80. The van der Waals surface area contributed by atoms with Crippen LogP contribution in [0.1, 0.15) is 37.0 Å². The third-order valence-electron chi connectivity index (χ3n) is 3.28. The maximum atomic E-state index is 12.0. The molecule has 0 saturated carbocycles. The fourth-order valence-corrected chi connectivity index (χ4v) is 3.31. The summed E-state index contributed by atoms with van der Waals surface area (Å²) < 4.78 is 6.20. The third-order valence-corrected chi connectivity index (χ3v) is 4.90. The molecule has 5 heteroatoms. The minimum Gasteiger partial charge on any atom is -0.465 e. The number of nitrogens with zero attached hydrogens (tertiary/aromatic N) is 1. The summed E-state index contributed by atoms with van der Waals surface area (Å²) in [6.07, 6.45) is 0.755. The molecule has 0 amide bonds. The van der Waals surface area contributed by atoms with Gasteiger partial charge >= 0.3 is 5.97 Å². The van der Waals surface area contributed by atoms with Crippen LogP contribution in [0.25, 0.3) is 0 Å². The Hall–Kier alpha value is -1.20. The minimum atomic E-state index is -0.710. The average molecular weight is 368 g/mol. The fourth-order valence-electron chi connectivity index (χ4n) is 1.90. The molecule has 0 saturated heterocycles. The SMILES string of the molecule is CCOC(=O)C(C)(C)c1csc(Cc2ccccc2Br)n1. The van der Waals surface area contributed by atoms with Crippen molar-refractivity contribution in [3.05, 3.63) is 50.4 Å². The van der Waals surface area contributed by atoms with Gasteiger partial charge in [0, 0.05) is 16.3 Å². The molecule has 3 nitrogen and oxygen atoms in total. The number of halogens is 1. The van der Waals surface area contributed by atoms with E-state index < -0.39 is 5.41 Å². The highest BCUT2D eigenvalue weighted by Gasteiger charge is 2.33. The van der Waals surface area contributed by atoms with Crippen LogP contribution in [0, 0.1) is 0 Å². The van der Waals surface area contributed by atoms with Crippen LogP contribution in [0.4, 0.5) is 0 Å². The van der Waals surface area contributed by atoms with E-state index in [1.54, 1.807) is 11.3 Å². The molecular weight excluding hydrogens is 350 g/mol. The lowest BCUT2D eigenvalue weighted by molar-refractivity contribution is -0.148. The number of thiazole rings is 1. The first-order valence-corrected chi connectivity index (χ1v) is 8.48. The van der Waals surface area contributed by atoms with Crippen LogP contribution in [-0.4, -0.2) is 17.6 Å². The summed E-state index contributed by atoms with van der Waals surface area (Å²) >= 11 is 5.12. The van der Waals surface area contributed by atoms with Crippen LogP contribution in [0.3, 0.4) is 0 Å². The molecule has 0 aliphatic heterocycles. The van der Waals surface area contributed by atoms with Crippen molar-refractivity contribution in [2.24, 2.45) is 0 Å². The molecule has 0 bridgehead atoms. The van der Waals surface area contributed by atoms with Gasteiger partial charge in [-0.05, 0) is 32.4 Å². The van der Waals surface area contributed by atoms with Gasteiger partial charge in [0.2, 0.25) is 0 Å². The molecule has 0 aliphatic carbocycles. The first-order chi connectivity index (χ1) is 9.95. The van der Waals surface area contributed by atoms with Gasteiger partial charge in [-0.2, -0.15) is 0 Å². The van der Waals surface area contributed by atoms with Gasteiger partial charge in [-0.3, -0.25) is 4.79 Å². The zero-order valence-electron chi connectivity index (χ0n) is 12.4. The standard InChI is InChI=1S/C16H18BrNO2S/c1-4-20-15(19)16(2,3)13-10-21-14(18-13)9-11-7-5-6-8-12(11)17/h5-8,10H,4,9H2,1-3H3. The summed E-state index contributed by atoms with van der Waals surface area (Å²) in [7, 11) is 0. The summed E-state index contributed by atoms with van der Waals surface area (Å²) in [5.41, 5.74) is 1.25. The molecule has 0 N–H and O–H groups in total. The highest BCUT2D eigenvalue weighted by Crippen LogP contribution is 2.28. The van der Waals surface area contributed by atoms with Crippen molar-refractivity contribution in [3.63, 3.8) is 0 Å². The number of ether oxygens (including phenoxy) is 1. The van der Waals surface area contributed by atoms with Gasteiger partial charge in [0.25, 0.3) is 0 Å². The van der Waals surface area contributed by atoms with Crippen molar-refractivity contribution in [1.82, 2.24) is 4.98 Å². The number of carbonyl (C=O) groups excluding carboxylic acids is 1. The Bertz CT molecular complexity index is 637. The molecule has 1 heterocycles. The lowest BCUT2D eigenvalue weighted by Crippen LogP contribution is -2.31. The molecule has 21 heavy (non-hydrogen) atoms. The van der Waals surface area contributed by atoms with Crippen LogP contribution in [0.15, 0.2) is 34.1 Å². The van der Waals surface area contributed by atoms with Gasteiger partial charge in [-0.1, -0.05) is 34.1 Å². The maximum Gasteiger partial charge on any atom is 0.317 e.